The summed E-state index contributed by atoms with van der Waals surface area (Å²) in [7, 11) is 1.92. The highest BCUT2D eigenvalue weighted by Gasteiger charge is 2.18. The zero-order valence-corrected chi connectivity index (χ0v) is 16.7. The Morgan fingerprint density at radius 3 is 2.67 bits per heavy atom. The average Bonchev–Trinajstić information content (AvgIpc) is 2.95. The van der Waals surface area contributed by atoms with Crippen LogP contribution < -0.4 is 4.74 Å². The van der Waals surface area contributed by atoms with Crippen LogP contribution in [0.15, 0.2) is 48.5 Å². The van der Waals surface area contributed by atoms with E-state index in [4.69, 9.17) is 28.6 Å². The molecule has 0 amide bonds. The van der Waals surface area contributed by atoms with Gasteiger partial charge in [0.15, 0.2) is 10.6 Å². The maximum absolute atomic E-state index is 6.15. The van der Waals surface area contributed by atoms with Gasteiger partial charge in [-0.25, -0.2) is 4.68 Å². The topological polar surface area (TPSA) is 35.2 Å². The van der Waals surface area contributed by atoms with Crippen LogP contribution in [0.1, 0.15) is 17.0 Å². The van der Waals surface area contributed by atoms with Gasteiger partial charge in [-0.1, -0.05) is 48.0 Å². The second-order valence-corrected chi connectivity index (χ2v) is 7.46. The van der Waals surface area contributed by atoms with Gasteiger partial charge in [0, 0.05) is 20.1 Å². The first-order chi connectivity index (χ1) is 13.1. The first kappa shape index (κ1) is 18.2. The van der Waals surface area contributed by atoms with E-state index in [1.54, 1.807) is 0 Å². The lowest BCUT2D eigenvalue weighted by atomic mass is 10.0. The number of para-hydroxylation sites is 1. The van der Waals surface area contributed by atoms with Gasteiger partial charge < -0.3 is 9.30 Å². The lowest BCUT2D eigenvalue weighted by Crippen LogP contribution is -2.32. The normalized spacial score (nSPS) is 14.1. The fourth-order valence-corrected chi connectivity index (χ4v) is 3.71. The average molecular weight is 401 g/mol. The van der Waals surface area contributed by atoms with Gasteiger partial charge in [-0.15, -0.1) is 0 Å². The lowest BCUT2D eigenvalue weighted by Gasteiger charge is -2.28. The summed E-state index contributed by atoms with van der Waals surface area (Å²) in [4.78, 5) is 2.36. The molecule has 140 valence electrons. The zero-order valence-electron chi connectivity index (χ0n) is 15.1. The molecule has 1 aliphatic heterocycles. The van der Waals surface area contributed by atoms with E-state index in [-0.39, 0.29) is 0 Å². The molecule has 0 fully saturated rings. The maximum atomic E-state index is 6.15. The third kappa shape index (κ3) is 3.93. The molecule has 2 aromatic carbocycles. The summed E-state index contributed by atoms with van der Waals surface area (Å²) in [5.41, 5.74) is 2.82. The summed E-state index contributed by atoms with van der Waals surface area (Å²) in [5.74, 6) is 1.42. The summed E-state index contributed by atoms with van der Waals surface area (Å²) in [6.07, 6.45) is 1.05. The molecule has 27 heavy (non-hydrogen) atoms. The number of hydrogen-bond acceptors (Lipinski definition) is 4. The van der Waals surface area contributed by atoms with Crippen LogP contribution in [0.5, 0.6) is 5.75 Å². The minimum Gasteiger partial charge on any atom is -0.484 e. The van der Waals surface area contributed by atoms with Crippen LogP contribution in [-0.4, -0.2) is 25.8 Å². The standard InChI is InChI=1S/C20H21ClN4OS/c1-23-19(13-26-18-9-5-4-8-17(18)21)22-25(20(23)27)14-24-11-10-15-6-2-3-7-16(15)12-24/h2-9H,10-14H2,1H3. The van der Waals surface area contributed by atoms with Crippen LogP contribution in [0.25, 0.3) is 0 Å². The van der Waals surface area contributed by atoms with Crippen LogP contribution in [-0.2, 0) is 33.3 Å². The number of halogens is 1. The highest BCUT2D eigenvalue weighted by Crippen LogP contribution is 2.24. The quantitative estimate of drug-likeness (QED) is 0.601. The van der Waals surface area contributed by atoms with Gasteiger partial charge in [0.1, 0.15) is 12.4 Å². The Balaban J connectivity index is 1.46. The van der Waals surface area contributed by atoms with Crippen molar-refractivity contribution in [3.8, 4) is 5.75 Å². The van der Waals surface area contributed by atoms with E-state index in [0.29, 0.717) is 28.8 Å². The molecule has 4 rings (SSSR count). The number of ether oxygens (including phenoxy) is 1. The number of fused-ring (bicyclic) bond motifs is 1. The molecular formula is C20H21ClN4OS. The SMILES string of the molecule is Cn1c(COc2ccccc2Cl)nn(CN2CCc3ccccc3C2)c1=S. The van der Waals surface area contributed by atoms with Gasteiger partial charge in [0.25, 0.3) is 0 Å². The van der Waals surface area contributed by atoms with Crippen molar-refractivity contribution >= 4 is 23.8 Å². The van der Waals surface area contributed by atoms with E-state index in [1.165, 1.54) is 11.1 Å². The fraction of sp³-hybridized carbons (Fsp3) is 0.300. The summed E-state index contributed by atoms with van der Waals surface area (Å²) in [6.45, 7) is 2.91. The molecule has 2 heterocycles. The van der Waals surface area contributed by atoms with E-state index in [0.717, 1.165) is 25.3 Å². The minimum absolute atomic E-state index is 0.319. The monoisotopic (exact) mass is 400 g/mol. The Labute approximate surface area is 168 Å². The Bertz CT molecular complexity index is 1010. The van der Waals surface area contributed by atoms with Crippen molar-refractivity contribution in [2.24, 2.45) is 7.05 Å². The van der Waals surface area contributed by atoms with E-state index in [2.05, 4.69) is 34.3 Å². The Hall–Kier alpha value is -2.15. The highest BCUT2D eigenvalue weighted by atomic mass is 35.5. The van der Waals surface area contributed by atoms with E-state index in [9.17, 15) is 0 Å². The molecule has 3 aromatic rings. The van der Waals surface area contributed by atoms with Crippen molar-refractivity contribution in [1.29, 1.82) is 0 Å². The highest BCUT2D eigenvalue weighted by molar-refractivity contribution is 7.71. The summed E-state index contributed by atoms with van der Waals surface area (Å²) < 4.78 is 10.3. The molecule has 0 spiro atoms. The molecule has 0 saturated heterocycles. The van der Waals surface area contributed by atoms with Crippen molar-refractivity contribution in [3.63, 3.8) is 0 Å². The van der Waals surface area contributed by atoms with E-state index in [1.807, 2.05) is 40.6 Å². The molecule has 0 atom stereocenters. The van der Waals surface area contributed by atoms with Gasteiger partial charge in [-0.3, -0.25) is 4.90 Å². The fourth-order valence-electron chi connectivity index (χ4n) is 3.32. The molecule has 7 heteroatoms. The first-order valence-corrected chi connectivity index (χ1v) is 9.69. The summed E-state index contributed by atoms with van der Waals surface area (Å²) in [5, 5.41) is 5.26. The van der Waals surface area contributed by atoms with Gasteiger partial charge in [-0.05, 0) is 41.9 Å². The number of aromatic nitrogens is 3. The smallest absolute Gasteiger partial charge is 0.198 e. The predicted molar refractivity (Wildman–Crippen MR) is 108 cm³/mol. The van der Waals surface area contributed by atoms with Crippen molar-refractivity contribution in [2.45, 2.75) is 26.2 Å². The largest absolute Gasteiger partial charge is 0.484 e. The Morgan fingerprint density at radius 1 is 1.11 bits per heavy atom. The molecule has 0 saturated carbocycles. The molecule has 0 bridgehead atoms. The van der Waals surface area contributed by atoms with Crippen molar-refractivity contribution < 1.29 is 4.74 Å². The maximum Gasteiger partial charge on any atom is 0.198 e. The molecule has 1 aromatic heterocycles. The third-order valence-electron chi connectivity index (χ3n) is 4.87. The minimum atomic E-state index is 0.319. The van der Waals surface area contributed by atoms with Crippen LogP contribution >= 0.6 is 23.8 Å². The van der Waals surface area contributed by atoms with Gasteiger partial charge >= 0.3 is 0 Å². The van der Waals surface area contributed by atoms with Crippen LogP contribution in [0.4, 0.5) is 0 Å². The zero-order chi connectivity index (χ0) is 18.8. The van der Waals surface area contributed by atoms with Crippen LogP contribution in [0.3, 0.4) is 0 Å². The number of nitrogens with zero attached hydrogens (tertiary/aromatic N) is 4. The molecule has 1 aliphatic rings. The third-order valence-corrected chi connectivity index (χ3v) is 5.66. The van der Waals surface area contributed by atoms with Crippen molar-refractivity contribution in [2.75, 3.05) is 6.54 Å². The molecule has 0 aliphatic carbocycles. The first-order valence-electron chi connectivity index (χ1n) is 8.91. The van der Waals surface area contributed by atoms with Crippen LogP contribution in [0.2, 0.25) is 5.02 Å². The van der Waals surface area contributed by atoms with Gasteiger partial charge in [0.05, 0.1) is 11.7 Å². The van der Waals surface area contributed by atoms with Gasteiger partial charge in [-0.2, -0.15) is 5.10 Å². The van der Waals surface area contributed by atoms with Crippen molar-refractivity contribution in [1.82, 2.24) is 19.2 Å². The molecular weight excluding hydrogens is 380 g/mol. The summed E-state index contributed by atoms with van der Waals surface area (Å²) >= 11 is 11.7. The molecule has 0 radical (unpaired) electrons. The van der Waals surface area contributed by atoms with Crippen molar-refractivity contribution in [3.05, 3.63) is 75.3 Å². The molecule has 0 unspecified atom stereocenters. The number of rotatable bonds is 5. The lowest BCUT2D eigenvalue weighted by molar-refractivity contribution is 0.187. The second-order valence-electron chi connectivity index (χ2n) is 6.69. The van der Waals surface area contributed by atoms with E-state index >= 15 is 0 Å². The van der Waals surface area contributed by atoms with E-state index < -0.39 is 0 Å². The number of hydrogen-bond donors (Lipinski definition) is 0. The van der Waals surface area contributed by atoms with Gasteiger partial charge in [0.2, 0.25) is 0 Å². The number of benzene rings is 2. The van der Waals surface area contributed by atoms with Crippen LogP contribution in [0, 0.1) is 4.77 Å². The molecule has 5 nitrogen and oxygen atoms in total. The molecule has 0 N–H and O–H groups in total. The summed E-state index contributed by atoms with van der Waals surface area (Å²) in [6, 6.07) is 16.0. The predicted octanol–water partition coefficient (Wildman–Crippen LogP) is 4.20. The Kier molecular flexibility index (Phi) is 5.29. The second kappa shape index (κ2) is 7.84. The Morgan fingerprint density at radius 2 is 1.85 bits per heavy atom.